The van der Waals surface area contributed by atoms with E-state index in [0.717, 1.165) is 6.42 Å². The minimum Gasteiger partial charge on any atom is -0.477 e. The highest BCUT2D eigenvalue weighted by Crippen LogP contribution is 2.51. The predicted molar refractivity (Wildman–Crippen MR) is 120 cm³/mol. The highest BCUT2D eigenvalue weighted by atomic mass is 32.2. The number of likely N-dealkylation sites (tertiary alicyclic amines) is 1. The number of aliphatic carboxylic acids is 1. The molecule has 4 rings (SSSR count). The van der Waals surface area contributed by atoms with Crippen LogP contribution >= 0.6 is 11.8 Å². The first-order valence-corrected chi connectivity index (χ1v) is 12.0. The number of hydrogen-bond donors (Lipinski definition) is 4. The smallest absolute Gasteiger partial charge is 0.353 e. The van der Waals surface area contributed by atoms with Gasteiger partial charge in [-0.2, -0.15) is 0 Å². The lowest BCUT2D eigenvalue weighted by atomic mass is 9.79. The number of carboxylic acids is 1. The van der Waals surface area contributed by atoms with Crippen molar-refractivity contribution >= 4 is 35.9 Å². The molecule has 4 heterocycles. The Hall–Kier alpha value is -2.11. The highest BCUT2D eigenvalue weighted by Gasteiger charge is 2.60. The van der Waals surface area contributed by atoms with Crippen molar-refractivity contribution in [2.24, 2.45) is 28.5 Å². The van der Waals surface area contributed by atoms with Crippen molar-refractivity contribution < 1.29 is 24.6 Å². The Bertz CT molecular complexity index is 862. The molecule has 0 bridgehead atoms. The summed E-state index contributed by atoms with van der Waals surface area (Å²) >= 11 is 1.46. The molecule has 5 N–H and O–H groups in total. The molecule has 4 aliphatic rings. The molecule has 32 heavy (non-hydrogen) atoms. The summed E-state index contributed by atoms with van der Waals surface area (Å²) in [5, 5.41) is 23.1. The minimum absolute atomic E-state index is 0.0343. The van der Waals surface area contributed by atoms with E-state index in [4.69, 9.17) is 5.73 Å². The molecular weight excluding hydrogens is 434 g/mol. The first kappa shape index (κ1) is 23.1. The van der Waals surface area contributed by atoms with Crippen LogP contribution in [0.15, 0.2) is 15.6 Å². The number of nitrogens with one attached hydrogen (secondary N) is 1. The maximum Gasteiger partial charge on any atom is 0.353 e. The van der Waals surface area contributed by atoms with E-state index in [1.54, 1.807) is 6.92 Å². The summed E-state index contributed by atoms with van der Waals surface area (Å²) in [7, 11) is 0. The molecule has 0 aliphatic carbocycles. The Kier molecular flexibility index (Phi) is 6.51. The van der Waals surface area contributed by atoms with Crippen LogP contribution in [0.1, 0.15) is 26.7 Å². The molecule has 0 unspecified atom stereocenters. The molecule has 11 heteroatoms. The summed E-state index contributed by atoms with van der Waals surface area (Å²) in [5.41, 5.74) is 5.35. The Morgan fingerprint density at radius 1 is 1.44 bits per heavy atom. The van der Waals surface area contributed by atoms with Gasteiger partial charge in [-0.05, 0) is 25.7 Å². The fourth-order valence-corrected chi connectivity index (χ4v) is 6.93. The number of carbonyl (C=O) groups is 3. The monoisotopic (exact) mass is 465 g/mol. The van der Waals surface area contributed by atoms with Gasteiger partial charge in [0, 0.05) is 42.3 Å². The third-order valence-corrected chi connectivity index (χ3v) is 8.57. The van der Waals surface area contributed by atoms with Crippen molar-refractivity contribution in [2.75, 3.05) is 26.2 Å². The lowest BCUT2D eigenvalue weighted by Gasteiger charge is -2.46. The van der Waals surface area contributed by atoms with Gasteiger partial charge in [-0.15, -0.1) is 11.8 Å². The van der Waals surface area contributed by atoms with Gasteiger partial charge in [-0.25, -0.2) is 4.79 Å². The molecule has 0 aromatic rings. The Balaban J connectivity index is 1.40. The van der Waals surface area contributed by atoms with Gasteiger partial charge < -0.3 is 31.1 Å². The number of β-lactam (4-membered cyclic amide) rings is 1. The van der Waals surface area contributed by atoms with E-state index < -0.39 is 18.0 Å². The second-order valence-electron chi connectivity index (χ2n) is 9.16. The van der Waals surface area contributed by atoms with Gasteiger partial charge in [-0.3, -0.25) is 14.6 Å². The summed E-state index contributed by atoms with van der Waals surface area (Å²) in [6.45, 7) is 6.10. The standard InChI is InChI=1S/C21H31N5O5S/c1-10-16-15(11(2)27)20(29)26(16)17(21(30)31)18(10)32-13-5-14(24-7-13)19(28)25-4-3-12(8-25)6-23-9-22/h9-16,24,27H,3-8H2,1-2H3,(H2,22,23)(H,30,31)/t10-,11-,12-,13+,14+,15-,16-/m1/s1. The van der Waals surface area contributed by atoms with E-state index >= 15 is 0 Å². The molecule has 0 aromatic heterocycles. The Morgan fingerprint density at radius 2 is 2.19 bits per heavy atom. The molecule has 0 saturated carbocycles. The number of aliphatic hydroxyl groups is 1. The fraction of sp³-hybridized carbons (Fsp3) is 0.714. The van der Waals surface area contributed by atoms with Crippen LogP contribution in [0, 0.1) is 17.8 Å². The van der Waals surface area contributed by atoms with Crippen LogP contribution in [-0.4, -0.2) is 93.8 Å². The van der Waals surface area contributed by atoms with Crippen molar-refractivity contribution in [3.8, 4) is 0 Å². The number of nitrogens with two attached hydrogens (primary N) is 1. The first-order chi connectivity index (χ1) is 15.2. The zero-order valence-electron chi connectivity index (χ0n) is 18.3. The van der Waals surface area contributed by atoms with Crippen LogP contribution in [0.25, 0.3) is 0 Å². The van der Waals surface area contributed by atoms with Gasteiger partial charge in [0.15, 0.2) is 0 Å². The van der Waals surface area contributed by atoms with Crippen molar-refractivity contribution in [1.82, 2.24) is 15.1 Å². The number of carboxylic acid groups (broad SMARTS) is 1. The summed E-state index contributed by atoms with van der Waals surface area (Å²) in [6, 6.07) is -0.612. The molecule has 0 spiro atoms. The van der Waals surface area contributed by atoms with Crippen molar-refractivity contribution in [3.63, 3.8) is 0 Å². The van der Waals surface area contributed by atoms with E-state index in [-0.39, 0.29) is 40.8 Å². The van der Waals surface area contributed by atoms with E-state index in [1.807, 2.05) is 11.8 Å². The highest BCUT2D eigenvalue weighted by molar-refractivity contribution is 8.03. The average molecular weight is 466 g/mol. The number of fused-ring (bicyclic) bond motifs is 1. The number of hydrogen-bond acceptors (Lipinski definition) is 7. The molecule has 3 fully saturated rings. The lowest BCUT2D eigenvalue weighted by molar-refractivity contribution is -0.163. The third-order valence-electron chi connectivity index (χ3n) is 7.06. The number of aliphatic hydroxyl groups excluding tert-OH is 1. The van der Waals surface area contributed by atoms with Crippen LogP contribution < -0.4 is 11.1 Å². The second kappa shape index (κ2) is 9.03. The van der Waals surface area contributed by atoms with Crippen LogP contribution in [0.3, 0.4) is 0 Å². The number of carbonyl (C=O) groups excluding carboxylic acids is 2. The van der Waals surface area contributed by atoms with Crippen LogP contribution in [0.4, 0.5) is 0 Å². The number of nitrogens with zero attached hydrogens (tertiary/aromatic N) is 3. The van der Waals surface area contributed by atoms with E-state index in [1.165, 1.54) is 23.0 Å². The van der Waals surface area contributed by atoms with Crippen LogP contribution in [-0.2, 0) is 14.4 Å². The van der Waals surface area contributed by atoms with Gasteiger partial charge in [0.05, 0.1) is 30.4 Å². The van der Waals surface area contributed by atoms with Gasteiger partial charge in [-0.1, -0.05) is 6.92 Å². The number of thioether (sulfide) groups is 1. The maximum atomic E-state index is 13.0. The molecule has 4 aliphatic heterocycles. The SMILES string of the molecule is C[C@@H](O)[C@H]1C(=O)N2C(C(=O)O)=C(S[C@@H]3CN[C@H](C(=O)N4CC[C@H](CN=CN)C4)C3)[C@H](C)[C@H]12. The molecule has 7 atom stereocenters. The molecule has 0 radical (unpaired) electrons. The number of rotatable bonds is 7. The number of aliphatic imine (C=N–C) groups is 1. The maximum absolute atomic E-state index is 13.0. The topological polar surface area (TPSA) is 149 Å². The molecule has 10 nitrogen and oxygen atoms in total. The van der Waals surface area contributed by atoms with Crippen molar-refractivity contribution in [1.29, 1.82) is 0 Å². The van der Waals surface area contributed by atoms with Crippen molar-refractivity contribution in [2.45, 2.75) is 50.1 Å². The number of amides is 2. The quantitative estimate of drug-likeness (QED) is 0.222. The molecular formula is C21H31N5O5S. The van der Waals surface area contributed by atoms with E-state index in [0.29, 0.717) is 43.4 Å². The zero-order chi connectivity index (χ0) is 23.2. The Labute approximate surface area is 191 Å². The van der Waals surface area contributed by atoms with Crippen LogP contribution in [0.5, 0.6) is 0 Å². The van der Waals surface area contributed by atoms with Crippen molar-refractivity contribution in [3.05, 3.63) is 10.6 Å². The summed E-state index contributed by atoms with van der Waals surface area (Å²) in [5.74, 6) is -1.78. The molecule has 3 saturated heterocycles. The molecule has 2 amide bonds. The predicted octanol–water partition coefficient (Wildman–Crippen LogP) is -0.561. The van der Waals surface area contributed by atoms with Gasteiger partial charge in [0.25, 0.3) is 0 Å². The molecule has 176 valence electrons. The first-order valence-electron chi connectivity index (χ1n) is 11.1. The van der Waals surface area contributed by atoms with E-state index in [2.05, 4.69) is 10.3 Å². The van der Waals surface area contributed by atoms with Gasteiger partial charge in [0.2, 0.25) is 11.8 Å². The summed E-state index contributed by atoms with van der Waals surface area (Å²) in [6.07, 6.45) is 2.00. The summed E-state index contributed by atoms with van der Waals surface area (Å²) < 4.78 is 0. The molecule has 0 aromatic carbocycles. The lowest BCUT2D eigenvalue weighted by Crippen LogP contribution is -2.63. The minimum atomic E-state index is -1.12. The largest absolute Gasteiger partial charge is 0.477 e. The zero-order valence-corrected chi connectivity index (χ0v) is 19.1. The van der Waals surface area contributed by atoms with Gasteiger partial charge >= 0.3 is 5.97 Å². The van der Waals surface area contributed by atoms with E-state index in [9.17, 15) is 24.6 Å². The second-order valence-corrected chi connectivity index (χ2v) is 10.5. The van der Waals surface area contributed by atoms with Gasteiger partial charge in [0.1, 0.15) is 5.70 Å². The fourth-order valence-electron chi connectivity index (χ4n) is 5.45. The average Bonchev–Trinajstić information content (AvgIpc) is 3.45. The normalized spacial score (nSPS) is 35.5. The Morgan fingerprint density at radius 3 is 2.84 bits per heavy atom. The third kappa shape index (κ3) is 3.90. The summed E-state index contributed by atoms with van der Waals surface area (Å²) in [4.78, 5) is 45.4. The van der Waals surface area contributed by atoms with Crippen LogP contribution in [0.2, 0.25) is 0 Å².